The van der Waals surface area contributed by atoms with E-state index in [9.17, 15) is 0 Å². The van der Waals surface area contributed by atoms with E-state index in [1.54, 1.807) is 0 Å². The summed E-state index contributed by atoms with van der Waals surface area (Å²) in [7, 11) is 2.02. The standard InChI is InChI=1S/C16H22N2S/c1-12-13(2)19-16(18-12)10-9-15(11-17-3)14-7-5-4-6-8-14/h4-8,15,17H,9-11H2,1-3H3. The fourth-order valence-corrected chi connectivity index (χ4v) is 3.25. The monoisotopic (exact) mass is 274 g/mol. The zero-order valence-corrected chi connectivity index (χ0v) is 12.8. The fraction of sp³-hybridized carbons (Fsp3) is 0.438. The number of benzene rings is 1. The number of rotatable bonds is 6. The molecule has 1 aromatic carbocycles. The zero-order valence-electron chi connectivity index (χ0n) is 11.9. The first-order valence-corrected chi connectivity index (χ1v) is 7.64. The highest BCUT2D eigenvalue weighted by atomic mass is 32.1. The molecular weight excluding hydrogens is 252 g/mol. The van der Waals surface area contributed by atoms with Crippen molar-refractivity contribution in [3.63, 3.8) is 0 Å². The summed E-state index contributed by atoms with van der Waals surface area (Å²) in [6, 6.07) is 10.8. The Bertz CT molecular complexity index is 485. The summed E-state index contributed by atoms with van der Waals surface area (Å²) in [5.41, 5.74) is 2.60. The summed E-state index contributed by atoms with van der Waals surface area (Å²) in [5.74, 6) is 0.565. The Morgan fingerprint density at radius 1 is 1.21 bits per heavy atom. The van der Waals surface area contributed by atoms with Crippen LogP contribution < -0.4 is 5.32 Å². The van der Waals surface area contributed by atoms with Gasteiger partial charge < -0.3 is 5.32 Å². The lowest BCUT2D eigenvalue weighted by atomic mass is 9.94. The molecule has 0 fully saturated rings. The van der Waals surface area contributed by atoms with Gasteiger partial charge in [-0.05, 0) is 45.2 Å². The smallest absolute Gasteiger partial charge is 0.0931 e. The highest BCUT2D eigenvalue weighted by molar-refractivity contribution is 7.11. The number of nitrogens with one attached hydrogen (secondary N) is 1. The molecule has 3 heteroatoms. The molecule has 2 nitrogen and oxygen atoms in total. The van der Waals surface area contributed by atoms with E-state index in [0.717, 1.165) is 19.4 Å². The Kier molecular flexibility index (Phi) is 5.11. The van der Waals surface area contributed by atoms with E-state index in [-0.39, 0.29) is 0 Å². The van der Waals surface area contributed by atoms with Crippen molar-refractivity contribution in [3.05, 3.63) is 51.5 Å². The van der Waals surface area contributed by atoms with Crippen molar-refractivity contribution in [2.24, 2.45) is 0 Å². The van der Waals surface area contributed by atoms with Gasteiger partial charge in [-0.1, -0.05) is 30.3 Å². The van der Waals surface area contributed by atoms with Crippen molar-refractivity contribution in [2.45, 2.75) is 32.6 Å². The highest BCUT2D eigenvalue weighted by Gasteiger charge is 2.12. The van der Waals surface area contributed by atoms with Gasteiger partial charge in [0.25, 0.3) is 0 Å². The Morgan fingerprint density at radius 3 is 2.53 bits per heavy atom. The van der Waals surface area contributed by atoms with E-state index < -0.39 is 0 Å². The maximum Gasteiger partial charge on any atom is 0.0931 e. The molecule has 0 aliphatic rings. The lowest BCUT2D eigenvalue weighted by molar-refractivity contribution is 0.583. The predicted molar refractivity (Wildman–Crippen MR) is 83.0 cm³/mol. The lowest BCUT2D eigenvalue weighted by Gasteiger charge is -2.16. The maximum absolute atomic E-state index is 4.63. The van der Waals surface area contributed by atoms with Crippen molar-refractivity contribution in [1.82, 2.24) is 10.3 Å². The summed E-state index contributed by atoms with van der Waals surface area (Å²) in [6.45, 7) is 5.27. The highest BCUT2D eigenvalue weighted by Crippen LogP contribution is 2.24. The largest absolute Gasteiger partial charge is 0.319 e. The Labute approximate surface area is 119 Å². The maximum atomic E-state index is 4.63. The zero-order chi connectivity index (χ0) is 13.7. The molecule has 0 saturated heterocycles. The Balaban J connectivity index is 2.01. The molecule has 0 aliphatic carbocycles. The van der Waals surface area contributed by atoms with Crippen LogP contribution in [0, 0.1) is 13.8 Å². The van der Waals surface area contributed by atoms with Crippen LogP contribution in [0.1, 0.15) is 33.5 Å². The van der Waals surface area contributed by atoms with Gasteiger partial charge >= 0.3 is 0 Å². The molecule has 1 atom stereocenters. The van der Waals surface area contributed by atoms with Crippen LogP contribution in [-0.2, 0) is 6.42 Å². The van der Waals surface area contributed by atoms with Crippen LogP contribution in [0.4, 0.5) is 0 Å². The van der Waals surface area contributed by atoms with Gasteiger partial charge in [-0.25, -0.2) is 4.98 Å². The van der Waals surface area contributed by atoms with Crippen molar-refractivity contribution in [2.75, 3.05) is 13.6 Å². The van der Waals surface area contributed by atoms with Crippen LogP contribution in [0.3, 0.4) is 0 Å². The van der Waals surface area contributed by atoms with Gasteiger partial charge in [-0.2, -0.15) is 0 Å². The topological polar surface area (TPSA) is 24.9 Å². The van der Waals surface area contributed by atoms with Crippen molar-refractivity contribution < 1.29 is 0 Å². The third kappa shape index (κ3) is 3.88. The van der Waals surface area contributed by atoms with Crippen molar-refractivity contribution in [3.8, 4) is 0 Å². The normalized spacial score (nSPS) is 12.6. The van der Waals surface area contributed by atoms with Gasteiger partial charge in [0.05, 0.1) is 10.7 Å². The van der Waals surface area contributed by atoms with Crippen LogP contribution in [0.2, 0.25) is 0 Å². The van der Waals surface area contributed by atoms with Gasteiger partial charge in [0.1, 0.15) is 0 Å². The number of nitrogens with zero attached hydrogens (tertiary/aromatic N) is 1. The quantitative estimate of drug-likeness (QED) is 0.869. The molecule has 2 aromatic rings. The number of hydrogen-bond acceptors (Lipinski definition) is 3. The van der Waals surface area contributed by atoms with Crippen LogP contribution in [-0.4, -0.2) is 18.6 Å². The number of hydrogen-bond donors (Lipinski definition) is 1. The van der Waals surface area contributed by atoms with Crippen molar-refractivity contribution >= 4 is 11.3 Å². The molecule has 1 heterocycles. The lowest BCUT2D eigenvalue weighted by Crippen LogP contribution is -2.17. The molecular formula is C16H22N2S. The second-order valence-corrected chi connectivity index (χ2v) is 6.24. The summed E-state index contributed by atoms with van der Waals surface area (Å²) in [4.78, 5) is 5.98. The molecule has 1 N–H and O–H groups in total. The summed E-state index contributed by atoms with van der Waals surface area (Å²) < 4.78 is 0. The molecule has 1 unspecified atom stereocenters. The molecule has 19 heavy (non-hydrogen) atoms. The van der Waals surface area contributed by atoms with E-state index in [2.05, 4.69) is 54.5 Å². The molecule has 0 aliphatic heterocycles. The van der Waals surface area contributed by atoms with Crippen LogP contribution >= 0.6 is 11.3 Å². The second kappa shape index (κ2) is 6.83. The summed E-state index contributed by atoms with van der Waals surface area (Å²) >= 11 is 1.84. The van der Waals surface area contributed by atoms with Crippen LogP contribution in [0.5, 0.6) is 0 Å². The van der Waals surface area contributed by atoms with E-state index in [4.69, 9.17) is 0 Å². The first-order chi connectivity index (χ1) is 9.20. The SMILES string of the molecule is CNCC(CCc1nc(C)c(C)s1)c1ccccc1. The first kappa shape index (κ1) is 14.2. The minimum atomic E-state index is 0.565. The predicted octanol–water partition coefficient (Wildman–Crippen LogP) is 3.70. The van der Waals surface area contributed by atoms with Gasteiger partial charge in [0.15, 0.2) is 0 Å². The molecule has 0 radical (unpaired) electrons. The third-order valence-electron chi connectivity index (χ3n) is 3.50. The number of aryl methyl sites for hydroxylation is 3. The van der Waals surface area contributed by atoms with Crippen molar-refractivity contribution in [1.29, 1.82) is 0 Å². The molecule has 0 bridgehead atoms. The molecule has 0 saturated carbocycles. The van der Waals surface area contributed by atoms with Gasteiger partial charge in [0.2, 0.25) is 0 Å². The summed E-state index contributed by atoms with van der Waals surface area (Å²) in [5, 5.41) is 4.57. The molecule has 0 spiro atoms. The fourth-order valence-electron chi connectivity index (χ4n) is 2.30. The van der Waals surface area contributed by atoms with E-state index in [1.165, 1.54) is 21.1 Å². The van der Waals surface area contributed by atoms with E-state index in [1.807, 2.05) is 18.4 Å². The second-order valence-electron chi connectivity index (χ2n) is 4.95. The van der Waals surface area contributed by atoms with Gasteiger partial charge in [-0.15, -0.1) is 11.3 Å². The van der Waals surface area contributed by atoms with Gasteiger partial charge in [0, 0.05) is 11.4 Å². The van der Waals surface area contributed by atoms with Crippen LogP contribution in [0.25, 0.3) is 0 Å². The Morgan fingerprint density at radius 2 is 1.95 bits per heavy atom. The van der Waals surface area contributed by atoms with E-state index >= 15 is 0 Å². The minimum absolute atomic E-state index is 0.565. The number of aromatic nitrogens is 1. The van der Waals surface area contributed by atoms with Crippen LogP contribution in [0.15, 0.2) is 30.3 Å². The number of likely N-dealkylation sites (N-methyl/N-ethyl adjacent to an activating group) is 1. The Hall–Kier alpha value is -1.19. The van der Waals surface area contributed by atoms with Gasteiger partial charge in [-0.3, -0.25) is 0 Å². The molecule has 0 amide bonds. The molecule has 1 aromatic heterocycles. The molecule has 102 valence electrons. The number of thiazole rings is 1. The summed E-state index contributed by atoms with van der Waals surface area (Å²) in [6.07, 6.45) is 2.22. The average molecular weight is 274 g/mol. The third-order valence-corrected chi connectivity index (χ3v) is 4.63. The van der Waals surface area contributed by atoms with E-state index in [0.29, 0.717) is 5.92 Å². The minimum Gasteiger partial charge on any atom is -0.319 e. The first-order valence-electron chi connectivity index (χ1n) is 6.83. The molecule has 2 rings (SSSR count). The average Bonchev–Trinajstić information content (AvgIpc) is 2.75.